The van der Waals surface area contributed by atoms with Gasteiger partial charge < -0.3 is 5.32 Å². The smallest absolute Gasteiger partial charge is 0.0929 e. The molecule has 3 heteroatoms. The van der Waals surface area contributed by atoms with Crippen LogP contribution in [0, 0.1) is 20.8 Å². The van der Waals surface area contributed by atoms with Gasteiger partial charge in [0.25, 0.3) is 0 Å². The first kappa shape index (κ1) is 12.8. The average Bonchev–Trinajstić information content (AvgIpc) is 2.68. The third-order valence-corrected chi connectivity index (χ3v) is 3.67. The summed E-state index contributed by atoms with van der Waals surface area (Å²) in [5, 5.41) is 7.77. The molecule has 0 amide bonds. The third kappa shape index (κ3) is 2.18. The van der Waals surface area contributed by atoms with Gasteiger partial charge in [-0.2, -0.15) is 5.10 Å². The molecule has 0 saturated heterocycles. The van der Waals surface area contributed by atoms with Crippen LogP contribution in [0.5, 0.6) is 0 Å². The van der Waals surface area contributed by atoms with Crippen molar-refractivity contribution in [3.8, 4) is 11.3 Å². The first-order valence-electron chi connectivity index (χ1n) is 6.29. The van der Waals surface area contributed by atoms with Crippen molar-refractivity contribution in [2.24, 2.45) is 7.05 Å². The van der Waals surface area contributed by atoms with Gasteiger partial charge in [0.05, 0.1) is 11.4 Å². The molecule has 3 nitrogen and oxygen atoms in total. The molecule has 1 heterocycles. The zero-order chi connectivity index (χ0) is 13.3. The number of aromatic nitrogens is 2. The fraction of sp³-hybridized carbons (Fsp3) is 0.400. The van der Waals surface area contributed by atoms with Gasteiger partial charge in [0.1, 0.15) is 0 Å². The Kier molecular flexibility index (Phi) is 3.53. The van der Waals surface area contributed by atoms with Crippen LogP contribution in [-0.4, -0.2) is 16.8 Å². The summed E-state index contributed by atoms with van der Waals surface area (Å²) < 4.78 is 1.94. The zero-order valence-electron chi connectivity index (χ0n) is 11.8. The Balaban J connectivity index is 2.49. The Morgan fingerprint density at radius 3 is 2.56 bits per heavy atom. The van der Waals surface area contributed by atoms with Crippen LogP contribution in [0.4, 0.5) is 0 Å². The lowest BCUT2D eigenvalue weighted by Crippen LogP contribution is -2.09. The van der Waals surface area contributed by atoms with Gasteiger partial charge in [0.2, 0.25) is 0 Å². The molecule has 96 valence electrons. The van der Waals surface area contributed by atoms with Crippen LogP contribution >= 0.6 is 0 Å². The van der Waals surface area contributed by atoms with E-state index in [1.807, 2.05) is 18.8 Å². The van der Waals surface area contributed by atoms with Gasteiger partial charge in [-0.3, -0.25) is 4.68 Å². The summed E-state index contributed by atoms with van der Waals surface area (Å²) in [6.45, 7) is 7.33. The summed E-state index contributed by atoms with van der Waals surface area (Å²) >= 11 is 0. The minimum atomic E-state index is 0.841. The van der Waals surface area contributed by atoms with Crippen molar-refractivity contribution in [3.05, 3.63) is 40.6 Å². The van der Waals surface area contributed by atoms with E-state index in [4.69, 9.17) is 0 Å². The minimum Gasteiger partial charge on any atom is -0.314 e. The summed E-state index contributed by atoms with van der Waals surface area (Å²) in [6, 6.07) is 6.50. The van der Waals surface area contributed by atoms with Crippen molar-refractivity contribution < 1.29 is 0 Å². The Morgan fingerprint density at radius 1 is 1.17 bits per heavy atom. The maximum atomic E-state index is 4.61. The van der Waals surface area contributed by atoms with E-state index in [1.54, 1.807) is 0 Å². The molecule has 2 rings (SSSR count). The van der Waals surface area contributed by atoms with E-state index in [-0.39, 0.29) is 0 Å². The van der Waals surface area contributed by atoms with Gasteiger partial charge in [-0.1, -0.05) is 12.1 Å². The molecule has 0 aliphatic heterocycles. The van der Waals surface area contributed by atoms with E-state index in [9.17, 15) is 0 Å². The normalized spacial score (nSPS) is 10.9. The molecule has 0 aliphatic carbocycles. The molecule has 18 heavy (non-hydrogen) atoms. The van der Waals surface area contributed by atoms with Gasteiger partial charge in [0.15, 0.2) is 0 Å². The Hall–Kier alpha value is -1.61. The molecular formula is C15H21N3. The largest absolute Gasteiger partial charge is 0.314 e. The monoisotopic (exact) mass is 243 g/mol. The quantitative estimate of drug-likeness (QED) is 0.898. The average molecular weight is 243 g/mol. The highest BCUT2D eigenvalue weighted by Crippen LogP contribution is 2.26. The van der Waals surface area contributed by atoms with Crippen LogP contribution in [0.3, 0.4) is 0 Å². The summed E-state index contributed by atoms with van der Waals surface area (Å²) in [4.78, 5) is 0. The topological polar surface area (TPSA) is 29.9 Å². The zero-order valence-corrected chi connectivity index (χ0v) is 11.8. The van der Waals surface area contributed by atoms with E-state index in [1.165, 1.54) is 27.9 Å². The molecule has 0 aliphatic rings. The van der Waals surface area contributed by atoms with Crippen LogP contribution in [0.2, 0.25) is 0 Å². The highest BCUT2D eigenvalue weighted by molar-refractivity contribution is 5.66. The van der Waals surface area contributed by atoms with Gasteiger partial charge in [-0.15, -0.1) is 0 Å². The number of nitrogens with one attached hydrogen (secondary N) is 1. The molecule has 1 aromatic heterocycles. The van der Waals surface area contributed by atoms with Crippen LogP contribution in [0.1, 0.15) is 22.4 Å². The number of hydrogen-bond acceptors (Lipinski definition) is 2. The molecule has 0 radical (unpaired) electrons. The molecule has 0 saturated carbocycles. The summed E-state index contributed by atoms with van der Waals surface area (Å²) in [6.07, 6.45) is 0. The van der Waals surface area contributed by atoms with Gasteiger partial charge in [-0.05, 0) is 50.6 Å². The Morgan fingerprint density at radius 2 is 1.89 bits per heavy atom. The van der Waals surface area contributed by atoms with Crippen molar-refractivity contribution >= 4 is 0 Å². The standard InChI is InChI=1S/C15H21N3/c1-10-6-7-14(12(3)11(10)2)15-8-13(9-16-4)18(5)17-15/h6-8,16H,9H2,1-5H3. The fourth-order valence-electron chi connectivity index (χ4n) is 2.22. The lowest BCUT2D eigenvalue weighted by molar-refractivity contribution is 0.673. The summed E-state index contributed by atoms with van der Waals surface area (Å²) in [5.41, 5.74) is 7.50. The van der Waals surface area contributed by atoms with Crippen molar-refractivity contribution in [1.82, 2.24) is 15.1 Å². The highest BCUT2D eigenvalue weighted by Gasteiger charge is 2.11. The van der Waals surface area contributed by atoms with Crippen LogP contribution in [0.15, 0.2) is 18.2 Å². The number of rotatable bonds is 3. The van der Waals surface area contributed by atoms with E-state index < -0.39 is 0 Å². The Labute approximate surface area is 109 Å². The molecule has 1 N–H and O–H groups in total. The van der Waals surface area contributed by atoms with Gasteiger partial charge in [-0.25, -0.2) is 0 Å². The Bertz CT molecular complexity index is 567. The molecule has 0 atom stereocenters. The van der Waals surface area contributed by atoms with E-state index >= 15 is 0 Å². The third-order valence-electron chi connectivity index (χ3n) is 3.67. The minimum absolute atomic E-state index is 0.841. The predicted octanol–water partition coefficient (Wildman–Crippen LogP) is 2.73. The number of hydrogen-bond donors (Lipinski definition) is 1. The molecule has 2 aromatic rings. The maximum absolute atomic E-state index is 4.61. The maximum Gasteiger partial charge on any atom is 0.0929 e. The predicted molar refractivity (Wildman–Crippen MR) is 75.6 cm³/mol. The van der Waals surface area contributed by atoms with Gasteiger partial charge in [0, 0.05) is 19.2 Å². The van der Waals surface area contributed by atoms with E-state index in [2.05, 4.69) is 49.4 Å². The lowest BCUT2D eigenvalue weighted by atomic mass is 9.97. The number of aryl methyl sites for hydroxylation is 2. The molecule has 0 bridgehead atoms. The molecule has 0 spiro atoms. The molecule has 0 unspecified atom stereocenters. The van der Waals surface area contributed by atoms with Crippen molar-refractivity contribution in [1.29, 1.82) is 0 Å². The van der Waals surface area contributed by atoms with E-state index in [0.29, 0.717) is 0 Å². The SMILES string of the molecule is CNCc1cc(-c2ccc(C)c(C)c2C)nn1C. The van der Waals surface area contributed by atoms with Crippen LogP contribution in [0.25, 0.3) is 11.3 Å². The first-order chi connectivity index (χ1) is 8.54. The van der Waals surface area contributed by atoms with Gasteiger partial charge >= 0.3 is 0 Å². The second-order valence-corrected chi connectivity index (χ2v) is 4.85. The highest BCUT2D eigenvalue weighted by atomic mass is 15.3. The molecular weight excluding hydrogens is 222 g/mol. The van der Waals surface area contributed by atoms with Crippen molar-refractivity contribution in [3.63, 3.8) is 0 Å². The van der Waals surface area contributed by atoms with E-state index in [0.717, 1.165) is 12.2 Å². The molecule has 0 fully saturated rings. The molecule has 1 aromatic carbocycles. The summed E-state index contributed by atoms with van der Waals surface area (Å²) in [5.74, 6) is 0. The lowest BCUT2D eigenvalue weighted by Gasteiger charge is -2.08. The van der Waals surface area contributed by atoms with Crippen LogP contribution < -0.4 is 5.32 Å². The first-order valence-corrected chi connectivity index (χ1v) is 6.29. The van der Waals surface area contributed by atoms with Crippen LogP contribution in [-0.2, 0) is 13.6 Å². The van der Waals surface area contributed by atoms with Crippen molar-refractivity contribution in [2.45, 2.75) is 27.3 Å². The summed E-state index contributed by atoms with van der Waals surface area (Å²) in [7, 11) is 3.94. The number of nitrogens with zero attached hydrogens (tertiary/aromatic N) is 2. The number of benzene rings is 1. The van der Waals surface area contributed by atoms with Crippen molar-refractivity contribution in [2.75, 3.05) is 7.05 Å². The second kappa shape index (κ2) is 4.94. The second-order valence-electron chi connectivity index (χ2n) is 4.85. The fourth-order valence-corrected chi connectivity index (χ4v) is 2.22.